The van der Waals surface area contributed by atoms with Gasteiger partial charge in [-0.3, -0.25) is 0 Å². The van der Waals surface area contributed by atoms with Crippen LogP contribution in [-0.2, 0) is 4.74 Å². The molecule has 0 aliphatic carbocycles. The summed E-state index contributed by atoms with van der Waals surface area (Å²) in [5.74, 6) is 0.724. The van der Waals surface area contributed by atoms with Gasteiger partial charge in [0.05, 0.1) is 13.2 Å². The molecule has 1 heterocycles. The Hall–Kier alpha value is -0.780. The third-order valence-electron chi connectivity index (χ3n) is 1.88. The fourth-order valence-electron chi connectivity index (χ4n) is 1.10. The Bertz CT molecular complexity index is 363. The molecule has 0 saturated heterocycles. The second-order valence-electron chi connectivity index (χ2n) is 3.18. The van der Waals surface area contributed by atoms with E-state index < -0.39 is 0 Å². The minimum Gasteiger partial charge on any atom is -0.379 e. The minimum absolute atomic E-state index is 0.444. The predicted molar refractivity (Wildman–Crippen MR) is 72.9 cm³/mol. The first-order chi connectivity index (χ1) is 8.26. The molecule has 0 spiro atoms. The summed E-state index contributed by atoms with van der Waals surface area (Å²) in [4.78, 5) is 8.33. The second kappa shape index (κ2) is 8.33. The predicted octanol–water partition coefficient (Wildman–Crippen LogP) is 2.86. The van der Waals surface area contributed by atoms with Gasteiger partial charge in [-0.2, -0.15) is 0 Å². The summed E-state index contributed by atoms with van der Waals surface area (Å²) in [6.07, 6.45) is 4.62. The maximum atomic E-state index is 5.86. The van der Waals surface area contributed by atoms with Crippen LogP contribution in [0.15, 0.2) is 23.9 Å². The van der Waals surface area contributed by atoms with Gasteiger partial charge in [-0.1, -0.05) is 29.4 Å². The molecule has 94 valence electrons. The van der Waals surface area contributed by atoms with Crippen LogP contribution >= 0.6 is 23.4 Å². The number of nitrogens with one attached hydrogen (secondary N) is 1. The van der Waals surface area contributed by atoms with Crippen molar-refractivity contribution in [2.24, 2.45) is 0 Å². The van der Waals surface area contributed by atoms with Crippen molar-refractivity contribution < 1.29 is 4.74 Å². The molecule has 4 nitrogen and oxygen atoms in total. The zero-order chi connectivity index (χ0) is 12.5. The Morgan fingerprint density at radius 3 is 3.06 bits per heavy atom. The molecule has 0 atom stereocenters. The molecule has 0 aromatic carbocycles. The Morgan fingerprint density at radius 2 is 2.35 bits per heavy atom. The number of rotatable bonds is 8. The zero-order valence-corrected chi connectivity index (χ0v) is 11.4. The molecule has 0 saturated carbocycles. The van der Waals surface area contributed by atoms with Crippen molar-refractivity contribution in [3.05, 3.63) is 23.9 Å². The number of thioether (sulfide) groups is 1. The molecule has 0 bridgehead atoms. The van der Waals surface area contributed by atoms with Crippen LogP contribution in [0.5, 0.6) is 0 Å². The number of aromatic nitrogens is 2. The van der Waals surface area contributed by atoms with Crippen LogP contribution in [0, 0.1) is 0 Å². The summed E-state index contributed by atoms with van der Waals surface area (Å²) in [6.45, 7) is 5.65. The van der Waals surface area contributed by atoms with Crippen LogP contribution in [0.3, 0.4) is 0 Å². The maximum absolute atomic E-state index is 5.86. The fourth-order valence-corrected chi connectivity index (χ4v) is 1.71. The molecule has 0 amide bonds. The van der Waals surface area contributed by atoms with Crippen molar-refractivity contribution >= 4 is 29.2 Å². The highest BCUT2D eigenvalue weighted by Gasteiger charge is 2.01. The van der Waals surface area contributed by atoms with Gasteiger partial charge in [0.15, 0.2) is 5.16 Å². The summed E-state index contributed by atoms with van der Waals surface area (Å²) >= 11 is 7.32. The van der Waals surface area contributed by atoms with E-state index in [-0.39, 0.29) is 0 Å². The standard InChI is InChI=1S/C11H16ClN3OS/c1-3-4-6-16-7-5-13-10-8-9(12)14-11(15-10)17-2/h3,8H,1,4-7H2,2H3,(H,13,14,15). The lowest BCUT2D eigenvalue weighted by Crippen LogP contribution is -2.11. The lowest BCUT2D eigenvalue weighted by molar-refractivity contribution is 0.149. The number of hydrogen-bond donors (Lipinski definition) is 1. The summed E-state index contributed by atoms with van der Waals surface area (Å²) in [6, 6.07) is 1.70. The van der Waals surface area contributed by atoms with Crippen LogP contribution in [-0.4, -0.2) is 36.0 Å². The molecule has 1 aromatic rings. The van der Waals surface area contributed by atoms with Gasteiger partial charge in [0, 0.05) is 12.6 Å². The highest BCUT2D eigenvalue weighted by Crippen LogP contribution is 2.16. The molecule has 1 rings (SSSR count). The van der Waals surface area contributed by atoms with E-state index in [1.807, 2.05) is 12.3 Å². The van der Waals surface area contributed by atoms with Crippen LogP contribution < -0.4 is 5.32 Å². The number of ether oxygens (including phenoxy) is 1. The van der Waals surface area contributed by atoms with Crippen molar-refractivity contribution in [2.75, 3.05) is 31.3 Å². The summed E-state index contributed by atoms with van der Waals surface area (Å²) in [7, 11) is 0. The lowest BCUT2D eigenvalue weighted by atomic mass is 10.4. The molecule has 1 N–H and O–H groups in total. The second-order valence-corrected chi connectivity index (χ2v) is 4.34. The maximum Gasteiger partial charge on any atom is 0.190 e. The summed E-state index contributed by atoms with van der Waals surface area (Å²) in [5, 5.41) is 4.24. The SMILES string of the molecule is C=CCCOCCNc1cc(Cl)nc(SC)n1. The monoisotopic (exact) mass is 273 g/mol. The first-order valence-corrected chi connectivity index (χ1v) is 6.87. The molecule has 0 unspecified atom stereocenters. The van der Waals surface area contributed by atoms with Crippen LogP contribution in [0.1, 0.15) is 6.42 Å². The molecule has 6 heteroatoms. The molecular weight excluding hydrogens is 258 g/mol. The molecule has 0 radical (unpaired) electrons. The third-order valence-corrected chi connectivity index (χ3v) is 2.62. The summed E-state index contributed by atoms with van der Waals surface area (Å²) < 4.78 is 5.37. The quantitative estimate of drug-likeness (QED) is 0.259. The van der Waals surface area contributed by atoms with Crippen LogP contribution in [0.2, 0.25) is 5.15 Å². The minimum atomic E-state index is 0.444. The van der Waals surface area contributed by atoms with E-state index in [1.165, 1.54) is 11.8 Å². The topological polar surface area (TPSA) is 47.0 Å². The highest BCUT2D eigenvalue weighted by molar-refractivity contribution is 7.98. The van der Waals surface area contributed by atoms with E-state index in [1.54, 1.807) is 6.07 Å². The highest BCUT2D eigenvalue weighted by atomic mass is 35.5. The van der Waals surface area contributed by atoms with Gasteiger partial charge in [0.2, 0.25) is 0 Å². The average Bonchev–Trinajstić information content (AvgIpc) is 2.33. The molecule has 17 heavy (non-hydrogen) atoms. The Labute approximate surface area is 111 Å². The van der Waals surface area contributed by atoms with Crippen LogP contribution in [0.25, 0.3) is 0 Å². The van der Waals surface area contributed by atoms with E-state index in [9.17, 15) is 0 Å². The van der Waals surface area contributed by atoms with Crippen molar-refractivity contribution in [1.29, 1.82) is 0 Å². The Morgan fingerprint density at radius 1 is 1.53 bits per heavy atom. The van der Waals surface area contributed by atoms with E-state index in [0.717, 1.165) is 12.2 Å². The van der Waals surface area contributed by atoms with Gasteiger partial charge >= 0.3 is 0 Å². The number of anilines is 1. The van der Waals surface area contributed by atoms with Crippen molar-refractivity contribution in [3.63, 3.8) is 0 Å². The van der Waals surface area contributed by atoms with Gasteiger partial charge in [-0.15, -0.1) is 6.58 Å². The average molecular weight is 274 g/mol. The zero-order valence-electron chi connectivity index (χ0n) is 9.78. The van der Waals surface area contributed by atoms with Gasteiger partial charge < -0.3 is 10.1 Å². The molecular formula is C11H16ClN3OS. The van der Waals surface area contributed by atoms with Crippen LogP contribution in [0.4, 0.5) is 5.82 Å². The molecule has 0 aliphatic heterocycles. The summed E-state index contributed by atoms with van der Waals surface area (Å²) in [5.41, 5.74) is 0. The van der Waals surface area contributed by atoms with Gasteiger partial charge in [0.25, 0.3) is 0 Å². The van der Waals surface area contributed by atoms with E-state index in [2.05, 4.69) is 21.9 Å². The van der Waals surface area contributed by atoms with Gasteiger partial charge in [0.1, 0.15) is 11.0 Å². The molecule has 0 aliphatic rings. The number of hydrogen-bond acceptors (Lipinski definition) is 5. The van der Waals surface area contributed by atoms with E-state index in [4.69, 9.17) is 16.3 Å². The molecule has 1 aromatic heterocycles. The largest absolute Gasteiger partial charge is 0.379 e. The number of nitrogens with zero attached hydrogens (tertiary/aromatic N) is 2. The molecule has 0 fully saturated rings. The lowest BCUT2D eigenvalue weighted by Gasteiger charge is -2.07. The van der Waals surface area contributed by atoms with E-state index >= 15 is 0 Å². The Balaban J connectivity index is 2.31. The van der Waals surface area contributed by atoms with Crippen molar-refractivity contribution in [2.45, 2.75) is 11.6 Å². The third kappa shape index (κ3) is 5.91. The number of halogens is 1. The normalized spacial score (nSPS) is 10.2. The van der Waals surface area contributed by atoms with Gasteiger partial charge in [-0.25, -0.2) is 9.97 Å². The first-order valence-electron chi connectivity index (χ1n) is 5.27. The first kappa shape index (κ1) is 14.3. The van der Waals surface area contributed by atoms with Gasteiger partial charge in [-0.05, 0) is 12.7 Å². The Kier molecular flexibility index (Phi) is 7.00. The smallest absolute Gasteiger partial charge is 0.190 e. The van der Waals surface area contributed by atoms with E-state index in [0.29, 0.717) is 30.1 Å². The fraction of sp³-hybridized carbons (Fsp3) is 0.455. The van der Waals surface area contributed by atoms with Crippen molar-refractivity contribution in [3.8, 4) is 0 Å². The van der Waals surface area contributed by atoms with Crippen molar-refractivity contribution in [1.82, 2.24) is 9.97 Å².